The maximum absolute atomic E-state index is 14.6. The van der Waals surface area contributed by atoms with E-state index < -0.39 is 11.5 Å². The summed E-state index contributed by atoms with van der Waals surface area (Å²) in [5.41, 5.74) is 0.509. The van der Waals surface area contributed by atoms with Gasteiger partial charge in [0.2, 0.25) is 0 Å². The largest absolute Gasteiger partial charge is 0.460 e. The zero-order chi connectivity index (χ0) is 30.0. The molecule has 5 aliphatic carbocycles. The zero-order valence-corrected chi connectivity index (χ0v) is 26.5. The molecule has 5 heteroatoms. The normalized spacial score (nSPS) is 50.6. The van der Waals surface area contributed by atoms with Crippen molar-refractivity contribution in [3.8, 4) is 0 Å². The highest BCUT2D eigenvalue weighted by Crippen LogP contribution is 2.77. The van der Waals surface area contributed by atoms with Gasteiger partial charge in [0.15, 0.2) is 5.78 Å². The van der Waals surface area contributed by atoms with Gasteiger partial charge >= 0.3 is 5.97 Å². The molecule has 0 bridgehead atoms. The number of ketones is 1. The highest BCUT2D eigenvalue weighted by atomic mass is 16.5. The van der Waals surface area contributed by atoms with E-state index >= 15 is 0 Å². The lowest BCUT2D eigenvalue weighted by Crippen LogP contribution is -2.77. The lowest BCUT2D eigenvalue weighted by atomic mass is 9.31. The molecule has 10 atom stereocenters. The van der Waals surface area contributed by atoms with Gasteiger partial charge in [-0.15, -0.1) is 0 Å². The van der Waals surface area contributed by atoms with Gasteiger partial charge in [-0.3, -0.25) is 14.6 Å². The van der Waals surface area contributed by atoms with Crippen molar-refractivity contribution >= 4 is 18.0 Å². The summed E-state index contributed by atoms with van der Waals surface area (Å²) >= 11 is 0. The molecule has 1 N–H and O–H groups in total. The van der Waals surface area contributed by atoms with Crippen molar-refractivity contribution < 1.29 is 19.4 Å². The molecule has 0 saturated heterocycles. The monoisotopic (exact) mass is 571 g/mol. The smallest absolute Gasteiger partial charge is 0.312 e. The summed E-state index contributed by atoms with van der Waals surface area (Å²) in [5.74, 6) is 0.217. The Morgan fingerprint density at radius 1 is 0.929 bits per heavy atom. The third kappa shape index (κ3) is 3.27. The van der Waals surface area contributed by atoms with Crippen molar-refractivity contribution in [2.24, 2.45) is 49.3 Å². The van der Waals surface area contributed by atoms with Crippen LogP contribution >= 0.6 is 0 Å². The number of esters is 1. The standard InChI is InChI=1S/C37H49NO4/c1-31-14-15-32(2,30(41)42-22-24-10-8-7-9-11-24)21-26(31)25-20-27(39)29-34(4,33(25,3)17-16-31)18-19-37-35(29,5)13-12-28(40)36(37,6)23-38-37/h7-11,20,23,26,28-29,40H,12-19,21-22H2,1-6H3/t26-,28-,29-,31+,32-,33+,34+,35+,36+,37-/m0/s1. The Kier molecular flexibility index (Phi) is 5.88. The molecule has 226 valence electrons. The lowest BCUT2D eigenvalue weighted by Gasteiger charge is -2.74. The van der Waals surface area contributed by atoms with Gasteiger partial charge in [-0.25, -0.2) is 0 Å². The quantitative estimate of drug-likeness (QED) is 0.388. The predicted molar refractivity (Wildman–Crippen MR) is 164 cm³/mol. The summed E-state index contributed by atoms with van der Waals surface area (Å²) in [6, 6.07) is 9.91. The fourth-order valence-corrected chi connectivity index (χ4v) is 11.6. The minimum absolute atomic E-state index is 0.0830. The third-order valence-electron chi connectivity index (χ3n) is 14.8. The fourth-order valence-electron chi connectivity index (χ4n) is 11.6. The average molecular weight is 572 g/mol. The van der Waals surface area contributed by atoms with Crippen molar-refractivity contribution in [3.63, 3.8) is 0 Å². The summed E-state index contributed by atoms with van der Waals surface area (Å²) in [4.78, 5) is 33.3. The molecule has 7 rings (SSSR count). The maximum atomic E-state index is 14.6. The number of aliphatic hydroxyl groups excluding tert-OH is 1. The Bertz CT molecular complexity index is 1400. The minimum Gasteiger partial charge on any atom is -0.460 e. The van der Waals surface area contributed by atoms with Gasteiger partial charge in [0, 0.05) is 17.5 Å². The Hall–Kier alpha value is -2.27. The van der Waals surface area contributed by atoms with E-state index in [0.717, 1.165) is 63.4 Å². The molecule has 4 saturated carbocycles. The van der Waals surface area contributed by atoms with Gasteiger partial charge < -0.3 is 9.84 Å². The van der Waals surface area contributed by atoms with Crippen molar-refractivity contribution in [1.29, 1.82) is 0 Å². The Balaban J connectivity index is 1.24. The first-order chi connectivity index (χ1) is 19.7. The van der Waals surface area contributed by atoms with Gasteiger partial charge in [0.05, 0.1) is 22.5 Å². The number of ether oxygens (including phenoxy) is 1. The van der Waals surface area contributed by atoms with Crippen molar-refractivity contribution in [2.45, 2.75) is 118 Å². The maximum Gasteiger partial charge on any atom is 0.312 e. The molecule has 1 aromatic rings. The highest BCUT2D eigenvalue weighted by molar-refractivity contribution is 5.96. The average Bonchev–Trinajstić information content (AvgIpc) is 2.95. The number of hydrogen-bond acceptors (Lipinski definition) is 5. The fraction of sp³-hybridized carbons (Fsp3) is 0.703. The van der Waals surface area contributed by atoms with E-state index in [1.54, 1.807) is 0 Å². The number of fused-ring (bicyclic) bond motifs is 6. The number of hydrogen-bond donors (Lipinski definition) is 1. The lowest BCUT2D eigenvalue weighted by molar-refractivity contribution is -0.208. The molecule has 0 amide bonds. The van der Waals surface area contributed by atoms with Gasteiger partial charge in [-0.1, -0.05) is 63.6 Å². The van der Waals surface area contributed by atoms with Crippen LogP contribution in [0.2, 0.25) is 0 Å². The van der Waals surface area contributed by atoms with Crippen LogP contribution in [0.1, 0.15) is 105 Å². The van der Waals surface area contributed by atoms with Gasteiger partial charge in [0.1, 0.15) is 6.61 Å². The van der Waals surface area contributed by atoms with E-state index in [1.165, 1.54) is 5.57 Å². The molecule has 5 nitrogen and oxygen atoms in total. The second kappa shape index (κ2) is 8.67. The van der Waals surface area contributed by atoms with Crippen molar-refractivity contribution in [1.82, 2.24) is 0 Å². The number of nitrogens with zero attached hydrogens (tertiary/aromatic N) is 1. The molecule has 6 aliphatic rings. The second-order valence-corrected chi connectivity index (χ2v) is 16.6. The van der Waals surface area contributed by atoms with E-state index in [1.807, 2.05) is 36.5 Å². The summed E-state index contributed by atoms with van der Waals surface area (Å²) in [6.45, 7) is 14.1. The number of carbonyl (C=O) groups is 2. The SMILES string of the molecule is C[C@]1(C(=O)OCc2ccccc2)CC[C@]2(C)CC[C@]3(C)C(=CC(=O)[C@@H]4[C@@]5(C)CC[C@H](O)[C@@]6(C)C=N[C@]65CC[C@]43C)[C@@H]2C1. The third-order valence-corrected chi connectivity index (χ3v) is 14.8. The summed E-state index contributed by atoms with van der Waals surface area (Å²) < 4.78 is 5.93. The van der Waals surface area contributed by atoms with Crippen LogP contribution < -0.4 is 0 Å². The van der Waals surface area contributed by atoms with E-state index in [-0.39, 0.29) is 56.2 Å². The van der Waals surface area contributed by atoms with E-state index in [4.69, 9.17) is 9.73 Å². The molecule has 0 radical (unpaired) electrons. The van der Waals surface area contributed by atoms with Gasteiger partial charge in [-0.2, -0.15) is 0 Å². The Morgan fingerprint density at radius 2 is 1.64 bits per heavy atom. The Labute approximate surface area is 251 Å². The first-order valence-corrected chi connectivity index (χ1v) is 16.4. The first-order valence-electron chi connectivity index (χ1n) is 16.4. The number of aliphatic hydroxyl groups is 1. The summed E-state index contributed by atoms with van der Waals surface area (Å²) in [7, 11) is 0. The zero-order valence-electron chi connectivity index (χ0n) is 26.5. The molecular weight excluding hydrogens is 522 g/mol. The second-order valence-electron chi connectivity index (χ2n) is 16.6. The molecule has 1 spiro atoms. The molecule has 1 heterocycles. The minimum atomic E-state index is -0.566. The first kappa shape index (κ1) is 28.5. The molecular formula is C37H49NO4. The number of allylic oxidation sites excluding steroid dienone is 2. The van der Waals surface area contributed by atoms with Crippen LogP contribution in [0.5, 0.6) is 0 Å². The topological polar surface area (TPSA) is 76.0 Å². The van der Waals surface area contributed by atoms with Crippen LogP contribution in [0.15, 0.2) is 47.0 Å². The van der Waals surface area contributed by atoms with Crippen LogP contribution in [0.25, 0.3) is 0 Å². The Morgan fingerprint density at radius 3 is 2.33 bits per heavy atom. The molecule has 0 aromatic heterocycles. The predicted octanol–water partition coefficient (Wildman–Crippen LogP) is 7.26. The van der Waals surface area contributed by atoms with Crippen LogP contribution in [-0.2, 0) is 20.9 Å². The number of aliphatic imine (C=N–C) groups is 1. The molecule has 0 unspecified atom stereocenters. The highest BCUT2D eigenvalue weighted by Gasteiger charge is 2.77. The van der Waals surface area contributed by atoms with Crippen LogP contribution in [0.4, 0.5) is 0 Å². The summed E-state index contributed by atoms with van der Waals surface area (Å²) in [6.07, 6.45) is 11.8. The van der Waals surface area contributed by atoms with E-state index in [9.17, 15) is 14.7 Å². The number of benzene rings is 1. The van der Waals surface area contributed by atoms with Crippen LogP contribution in [-0.4, -0.2) is 34.7 Å². The van der Waals surface area contributed by atoms with Crippen LogP contribution in [0, 0.1) is 44.3 Å². The van der Waals surface area contributed by atoms with Gasteiger partial charge in [0.25, 0.3) is 0 Å². The molecule has 42 heavy (non-hydrogen) atoms. The van der Waals surface area contributed by atoms with Crippen molar-refractivity contribution in [3.05, 3.63) is 47.5 Å². The molecule has 1 aliphatic heterocycles. The molecule has 4 fully saturated rings. The van der Waals surface area contributed by atoms with Crippen molar-refractivity contribution in [2.75, 3.05) is 0 Å². The number of rotatable bonds is 3. The van der Waals surface area contributed by atoms with Gasteiger partial charge in [-0.05, 0) is 105 Å². The summed E-state index contributed by atoms with van der Waals surface area (Å²) in [5, 5.41) is 11.1. The van der Waals surface area contributed by atoms with Crippen LogP contribution in [0.3, 0.4) is 0 Å². The molecule has 1 aromatic carbocycles. The van der Waals surface area contributed by atoms with E-state index in [0.29, 0.717) is 6.61 Å². The van der Waals surface area contributed by atoms with E-state index in [2.05, 4.69) is 47.6 Å². The number of carbonyl (C=O) groups excluding carboxylic acids is 2.